The Hall–Kier alpha value is -2.62. The molecule has 0 bridgehead atoms. The van der Waals surface area contributed by atoms with Gasteiger partial charge in [0, 0.05) is 0 Å². The number of carbonyl (C=O) groups excluding carboxylic acids is 2. The van der Waals surface area contributed by atoms with Crippen molar-refractivity contribution in [2.75, 3.05) is 0 Å². The summed E-state index contributed by atoms with van der Waals surface area (Å²) in [5.74, 6) is -0.181. The molecule has 1 N–H and O–H groups in total. The van der Waals surface area contributed by atoms with Crippen molar-refractivity contribution in [2.24, 2.45) is 0 Å². The van der Waals surface area contributed by atoms with Crippen LogP contribution in [0.5, 0.6) is 0 Å². The molecule has 1 aliphatic heterocycles. The summed E-state index contributed by atoms with van der Waals surface area (Å²) >= 11 is 0. The number of fused-ring (bicyclic) bond motifs is 1. The van der Waals surface area contributed by atoms with Gasteiger partial charge in [-0.3, -0.25) is 9.69 Å². The van der Waals surface area contributed by atoms with Crippen LogP contribution in [0.4, 0.5) is 4.79 Å². The van der Waals surface area contributed by atoms with Crippen LogP contribution in [0.1, 0.15) is 46.7 Å². The highest BCUT2D eigenvalue weighted by Gasteiger charge is 2.49. The van der Waals surface area contributed by atoms with Crippen molar-refractivity contribution in [1.82, 2.24) is 10.2 Å². The van der Waals surface area contributed by atoms with E-state index in [-0.39, 0.29) is 11.9 Å². The molecule has 4 heteroatoms. The number of rotatable bonds is 3. The van der Waals surface area contributed by atoms with Crippen molar-refractivity contribution in [3.8, 4) is 0 Å². The van der Waals surface area contributed by atoms with Crippen molar-refractivity contribution in [3.63, 3.8) is 0 Å². The predicted octanol–water partition coefficient (Wildman–Crippen LogP) is 3.76. The minimum Gasteiger partial charge on any atom is -0.319 e. The maximum absolute atomic E-state index is 13.2. The van der Waals surface area contributed by atoms with Crippen LogP contribution in [0.2, 0.25) is 0 Å². The summed E-state index contributed by atoms with van der Waals surface area (Å²) in [6.45, 7) is 6.16. The zero-order valence-corrected chi connectivity index (χ0v) is 15.6. The van der Waals surface area contributed by atoms with Crippen LogP contribution in [-0.4, -0.2) is 16.8 Å². The minimum absolute atomic E-state index is 0.181. The number of hydrogen-bond donors (Lipinski definition) is 1. The van der Waals surface area contributed by atoms with Gasteiger partial charge in [0.25, 0.3) is 5.91 Å². The molecule has 4 nitrogen and oxygen atoms in total. The standard InChI is InChI=1S/C22H24N2O2/c1-14-9-15(2)11-16(10-14)13-24-20(25)22(3,23-21(24)26)19-8-7-17-5-4-6-18(17)12-19/h7-12H,4-6,13H2,1-3H3,(H,23,26). The van der Waals surface area contributed by atoms with Crippen LogP contribution in [0.25, 0.3) is 0 Å². The van der Waals surface area contributed by atoms with Crippen molar-refractivity contribution in [3.05, 3.63) is 69.8 Å². The number of benzene rings is 2. The van der Waals surface area contributed by atoms with Crippen molar-refractivity contribution >= 4 is 11.9 Å². The number of aryl methyl sites for hydroxylation is 4. The third-order valence-electron chi connectivity index (χ3n) is 5.57. The number of nitrogens with one attached hydrogen (secondary N) is 1. The Balaban J connectivity index is 1.64. The van der Waals surface area contributed by atoms with Gasteiger partial charge in [0.2, 0.25) is 0 Å². The predicted molar refractivity (Wildman–Crippen MR) is 101 cm³/mol. The van der Waals surface area contributed by atoms with E-state index in [2.05, 4.69) is 23.5 Å². The van der Waals surface area contributed by atoms with Crippen LogP contribution in [0, 0.1) is 13.8 Å². The second kappa shape index (κ2) is 5.97. The Labute approximate surface area is 154 Å². The zero-order valence-electron chi connectivity index (χ0n) is 15.6. The third-order valence-corrected chi connectivity index (χ3v) is 5.57. The van der Waals surface area contributed by atoms with E-state index >= 15 is 0 Å². The van der Waals surface area contributed by atoms with E-state index in [1.54, 1.807) is 0 Å². The number of amides is 3. The molecule has 3 amide bonds. The summed E-state index contributed by atoms with van der Waals surface area (Å²) in [4.78, 5) is 27.1. The summed E-state index contributed by atoms with van der Waals surface area (Å²) < 4.78 is 0. The molecule has 0 saturated carbocycles. The molecule has 0 radical (unpaired) electrons. The molecule has 1 atom stereocenters. The Bertz CT molecular complexity index is 898. The van der Waals surface area contributed by atoms with Gasteiger partial charge in [0.15, 0.2) is 0 Å². The molecule has 2 aromatic carbocycles. The molecule has 0 aromatic heterocycles. The zero-order chi connectivity index (χ0) is 18.5. The smallest absolute Gasteiger partial charge is 0.319 e. The maximum Gasteiger partial charge on any atom is 0.325 e. The first-order valence-electron chi connectivity index (χ1n) is 9.20. The van der Waals surface area contributed by atoms with Gasteiger partial charge in [-0.25, -0.2) is 4.79 Å². The number of nitrogens with zero attached hydrogens (tertiary/aromatic N) is 1. The van der Waals surface area contributed by atoms with E-state index in [1.807, 2.05) is 39.0 Å². The summed E-state index contributed by atoms with van der Waals surface area (Å²) in [6.07, 6.45) is 3.31. The lowest BCUT2D eigenvalue weighted by Crippen LogP contribution is -2.40. The Kier molecular flexibility index (Phi) is 3.87. The van der Waals surface area contributed by atoms with Crippen molar-refractivity contribution in [2.45, 2.75) is 52.1 Å². The van der Waals surface area contributed by atoms with Gasteiger partial charge in [0.1, 0.15) is 5.54 Å². The molecule has 1 fully saturated rings. The maximum atomic E-state index is 13.2. The molecule has 0 spiro atoms. The lowest BCUT2D eigenvalue weighted by molar-refractivity contribution is -0.131. The average Bonchev–Trinajstić information content (AvgIpc) is 3.12. The van der Waals surface area contributed by atoms with E-state index in [4.69, 9.17) is 0 Å². The fourth-order valence-corrected chi connectivity index (χ4v) is 4.26. The molecule has 4 rings (SSSR count). The average molecular weight is 348 g/mol. The monoisotopic (exact) mass is 348 g/mol. The van der Waals surface area contributed by atoms with Gasteiger partial charge in [-0.2, -0.15) is 0 Å². The van der Waals surface area contributed by atoms with E-state index < -0.39 is 5.54 Å². The topological polar surface area (TPSA) is 49.4 Å². The van der Waals surface area contributed by atoms with Crippen LogP contribution in [-0.2, 0) is 29.7 Å². The Morgan fingerprint density at radius 3 is 2.42 bits per heavy atom. The minimum atomic E-state index is -0.992. The molecule has 1 unspecified atom stereocenters. The Morgan fingerprint density at radius 2 is 1.69 bits per heavy atom. The first-order chi connectivity index (χ1) is 12.4. The second-order valence-electron chi connectivity index (χ2n) is 7.78. The highest BCUT2D eigenvalue weighted by molar-refractivity contribution is 6.07. The van der Waals surface area contributed by atoms with E-state index in [9.17, 15) is 9.59 Å². The molecule has 26 heavy (non-hydrogen) atoms. The molecule has 1 aliphatic carbocycles. The molecular formula is C22H24N2O2. The molecule has 134 valence electrons. The molecule has 1 saturated heterocycles. The number of hydrogen-bond acceptors (Lipinski definition) is 2. The summed E-state index contributed by atoms with van der Waals surface area (Å²) in [7, 11) is 0. The summed E-state index contributed by atoms with van der Waals surface area (Å²) in [5, 5.41) is 2.92. The SMILES string of the molecule is Cc1cc(C)cc(CN2C(=O)NC(C)(c3ccc4c(c3)CCC4)C2=O)c1. The lowest BCUT2D eigenvalue weighted by atomic mass is 9.89. The molecular weight excluding hydrogens is 324 g/mol. The normalized spacial score (nSPS) is 21.9. The number of carbonyl (C=O) groups is 2. The highest BCUT2D eigenvalue weighted by Crippen LogP contribution is 2.33. The largest absolute Gasteiger partial charge is 0.325 e. The first-order valence-corrected chi connectivity index (χ1v) is 9.20. The van der Waals surface area contributed by atoms with Crippen molar-refractivity contribution < 1.29 is 9.59 Å². The Morgan fingerprint density at radius 1 is 1.00 bits per heavy atom. The third kappa shape index (κ3) is 2.70. The van der Waals surface area contributed by atoms with E-state index in [1.165, 1.54) is 16.0 Å². The van der Waals surface area contributed by atoms with Crippen LogP contribution in [0.3, 0.4) is 0 Å². The number of urea groups is 1. The molecule has 2 aromatic rings. The van der Waals surface area contributed by atoms with Crippen molar-refractivity contribution in [1.29, 1.82) is 0 Å². The van der Waals surface area contributed by atoms with Gasteiger partial charge in [0.05, 0.1) is 6.54 Å². The van der Waals surface area contributed by atoms with Gasteiger partial charge >= 0.3 is 6.03 Å². The van der Waals surface area contributed by atoms with Crippen LogP contribution in [0.15, 0.2) is 36.4 Å². The summed E-state index contributed by atoms with van der Waals surface area (Å²) in [6, 6.07) is 12.0. The van der Waals surface area contributed by atoms with E-state index in [0.29, 0.717) is 6.54 Å². The second-order valence-corrected chi connectivity index (χ2v) is 7.78. The van der Waals surface area contributed by atoms with Gasteiger partial charge in [-0.05, 0) is 62.3 Å². The van der Waals surface area contributed by atoms with Gasteiger partial charge in [-0.15, -0.1) is 0 Å². The van der Waals surface area contributed by atoms with E-state index in [0.717, 1.165) is 41.5 Å². The van der Waals surface area contributed by atoms with Gasteiger partial charge in [-0.1, -0.05) is 47.5 Å². The fourth-order valence-electron chi connectivity index (χ4n) is 4.26. The lowest BCUT2D eigenvalue weighted by Gasteiger charge is -2.23. The fraction of sp³-hybridized carbons (Fsp3) is 0.364. The summed E-state index contributed by atoms with van der Waals surface area (Å²) in [5.41, 5.74) is 5.79. The van der Waals surface area contributed by atoms with Crippen LogP contribution >= 0.6 is 0 Å². The molecule has 1 heterocycles. The number of imide groups is 1. The molecule has 2 aliphatic rings. The first kappa shape index (κ1) is 16.8. The van der Waals surface area contributed by atoms with Crippen LogP contribution < -0.4 is 5.32 Å². The van der Waals surface area contributed by atoms with Gasteiger partial charge < -0.3 is 5.32 Å². The highest BCUT2D eigenvalue weighted by atomic mass is 16.2. The quantitative estimate of drug-likeness (QED) is 0.859.